The minimum absolute atomic E-state index is 0.609. The van der Waals surface area contributed by atoms with Crippen LogP contribution >= 0.6 is 22.9 Å². The van der Waals surface area contributed by atoms with Gasteiger partial charge in [-0.25, -0.2) is 0 Å². The van der Waals surface area contributed by atoms with Gasteiger partial charge >= 0.3 is 7.48 Å². The van der Waals surface area contributed by atoms with Crippen molar-refractivity contribution in [2.45, 2.75) is 0 Å². The van der Waals surface area contributed by atoms with Crippen molar-refractivity contribution in [3.8, 4) is 0 Å². The van der Waals surface area contributed by atoms with E-state index in [1.165, 1.54) is 11.3 Å². The van der Waals surface area contributed by atoms with Gasteiger partial charge in [0.2, 0.25) is 0 Å². The Morgan fingerprint density at radius 1 is 1.75 bits per heavy atom. The lowest BCUT2D eigenvalue weighted by Crippen LogP contribution is -2.08. The summed E-state index contributed by atoms with van der Waals surface area (Å²) in [5, 5.41) is 10.8. The van der Waals surface area contributed by atoms with Crippen LogP contribution in [0.25, 0.3) is 0 Å². The maximum absolute atomic E-state index is 8.41. The Kier molecular flexibility index (Phi) is 1.94. The second kappa shape index (κ2) is 2.53. The molecule has 0 spiro atoms. The van der Waals surface area contributed by atoms with Crippen molar-refractivity contribution < 1.29 is 5.02 Å². The molecule has 0 aliphatic rings. The molecule has 1 aromatic rings. The quantitative estimate of drug-likeness (QED) is 0.575. The Balaban J connectivity index is 2.92. The summed E-state index contributed by atoms with van der Waals surface area (Å²) in [5.74, 6) is 0. The number of hydrogen-bond donors (Lipinski definition) is 1. The van der Waals surface area contributed by atoms with Crippen molar-refractivity contribution in [3.63, 3.8) is 0 Å². The highest BCUT2D eigenvalue weighted by atomic mass is 35.5. The third kappa shape index (κ3) is 1.05. The Hall–Kier alpha value is 0.0149. The minimum atomic E-state index is 0.609. The van der Waals surface area contributed by atoms with Crippen molar-refractivity contribution in [1.29, 1.82) is 0 Å². The number of rotatable bonds is 1. The molecular weight excluding hydrogens is 142 g/mol. The van der Waals surface area contributed by atoms with Crippen LogP contribution in [0.3, 0.4) is 0 Å². The van der Waals surface area contributed by atoms with Gasteiger partial charge < -0.3 is 5.02 Å². The average Bonchev–Trinajstić information content (AvgIpc) is 2.14. The predicted octanol–water partition coefficient (Wildman–Crippen LogP) is 0.638. The molecule has 41 valence electrons. The summed E-state index contributed by atoms with van der Waals surface area (Å²) in [6, 6.07) is 1.74. The Labute approximate surface area is 57.2 Å². The molecule has 0 fully saturated rings. The second-order valence-electron chi connectivity index (χ2n) is 1.26. The molecule has 1 heterocycles. The molecule has 1 N–H and O–H groups in total. The van der Waals surface area contributed by atoms with Crippen LogP contribution in [0.15, 0.2) is 11.4 Å². The molecule has 0 bridgehead atoms. The first-order chi connectivity index (χ1) is 3.84. The molecule has 0 unspecified atom stereocenters. The number of hydrogen-bond acceptors (Lipinski definition) is 2. The lowest BCUT2D eigenvalue weighted by Gasteiger charge is -1.82. The fraction of sp³-hybridized carbons (Fsp3) is 0. The maximum atomic E-state index is 8.41. The maximum Gasteiger partial charge on any atom is 0.339 e. The summed E-state index contributed by atoms with van der Waals surface area (Å²) < 4.78 is 0.715. The Morgan fingerprint density at radius 2 is 2.50 bits per heavy atom. The van der Waals surface area contributed by atoms with Gasteiger partial charge in [-0.3, -0.25) is 0 Å². The van der Waals surface area contributed by atoms with Crippen molar-refractivity contribution in [1.82, 2.24) is 0 Å². The first kappa shape index (κ1) is 6.14. The van der Waals surface area contributed by atoms with Gasteiger partial charge in [0.1, 0.15) is 0 Å². The highest BCUT2D eigenvalue weighted by Gasteiger charge is 1.99. The van der Waals surface area contributed by atoms with E-state index in [0.29, 0.717) is 9.80 Å². The largest absolute Gasteiger partial charge is 0.449 e. The summed E-state index contributed by atoms with van der Waals surface area (Å²) in [6.07, 6.45) is 0. The zero-order chi connectivity index (χ0) is 5.98. The fourth-order valence-corrected chi connectivity index (χ4v) is 1.31. The van der Waals surface area contributed by atoms with Gasteiger partial charge in [-0.05, 0) is 11.4 Å². The van der Waals surface area contributed by atoms with Crippen molar-refractivity contribution in [2.24, 2.45) is 0 Å². The van der Waals surface area contributed by atoms with E-state index >= 15 is 0 Å². The monoisotopic (exact) mass is 145 g/mol. The van der Waals surface area contributed by atoms with Gasteiger partial charge in [0.15, 0.2) is 0 Å². The first-order valence-electron chi connectivity index (χ1n) is 2.05. The van der Waals surface area contributed by atoms with Crippen LogP contribution in [0, 0.1) is 0 Å². The van der Waals surface area contributed by atoms with E-state index in [4.69, 9.17) is 16.6 Å². The zero-order valence-corrected chi connectivity index (χ0v) is 5.54. The van der Waals surface area contributed by atoms with E-state index < -0.39 is 0 Å². The van der Waals surface area contributed by atoms with E-state index in [1.54, 1.807) is 6.07 Å². The molecule has 0 aliphatic carbocycles. The summed E-state index contributed by atoms with van der Waals surface area (Å²) in [6.45, 7) is 0. The van der Waals surface area contributed by atoms with Crippen LogP contribution in [-0.2, 0) is 0 Å². The normalized spacial score (nSPS) is 9.25. The van der Waals surface area contributed by atoms with E-state index in [2.05, 4.69) is 0 Å². The zero-order valence-electron chi connectivity index (χ0n) is 3.97. The smallest absolute Gasteiger partial charge is 0.339 e. The molecule has 0 saturated heterocycles. The molecule has 8 heavy (non-hydrogen) atoms. The molecule has 4 heteroatoms. The molecule has 0 amide bonds. The molecule has 1 nitrogen and oxygen atoms in total. The highest BCUT2D eigenvalue weighted by Crippen LogP contribution is 2.07. The second-order valence-corrected chi connectivity index (χ2v) is 2.62. The predicted molar refractivity (Wildman–Crippen MR) is 36.9 cm³/mol. The summed E-state index contributed by atoms with van der Waals surface area (Å²) >= 11 is 6.97. The lowest BCUT2D eigenvalue weighted by molar-refractivity contribution is 0.616. The van der Waals surface area contributed by atoms with Crippen LogP contribution in [-0.4, -0.2) is 12.5 Å². The molecule has 0 saturated carbocycles. The third-order valence-electron chi connectivity index (χ3n) is 0.762. The van der Waals surface area contributed by atoms with Crippen LogP contribution < -0.4 is 4.78 Å². The van der Waals surface area contributed by atoms with Gasteiger partial charge in [-0.1, -0.05) is 11.6 Å². The first-order valence-corrected chi connectivity index (χ1v) is 3.31. The molecular formula is C4H3BClOS. The average molecular weight is 145 g/mol. The lowest BCUT2D eigenvalue weighted by atomic mass is 10.0. The van der Waals surface area contributed by atoms with Crippen molar-refractivity contribution in [3.05, 3.63) is 16.5 Å². The molecule has 1 rings (SSSR count). The molecule has 1 radical (unpaired) electrons. The number of thiophene rings is 1. The van der Waals surface area contributed by atoms with Gasteiger partial charge in [-0.2, -0.15) is 11.3 Å². The van der Waals surface area contributed by atoms with Crippen molar-refractivity contribution >= 4 is 35.2 Å². The molecule has 0 aliphatic heterocycles. The van der Waals surface area contributed by atoms with Gasteiger partial charge in [0.05, 0.1) is 0 Å². The van der Waals surface area contributed by atoms with Gasteiger partial charge in [0, 0.05) is 9.80 Å². The molecule has 0 aromatic carbocycles. The standard InChI is InChI=1S/C4H3BClOS/c6-3-1-2-8-4(3)5-7/h1-2,7H. The van der Waals surface area contributed by atoms with Crippen LogP contribution in [0.1, 0.15) is 0 Å². The van der Waals surface area contributed by atoms with Crippen LogP contribution in [0.4, 0.5) is 0 Å². The van der Waals surface area contributed by atoms with E-state index in [0.717, 1.165) is 7.48 Å². The van der Waals surface area contributed by atoms with E-state index in [9.17, 15) is 0 Å². The van der Waals surface area contributed by atoms with Crippen LogP contribution in [0.2, 0.25) is 5.02 Å². The SMILES string of the molecule is O[B]c1sccc1Cl. The Morgan fingerprint density at radius 3 is 2.75 bits per heavy atom. The molecule has 1 aromatic heterocycles. The van der Waals surface area contributed by atoms with E-state index in [-0.39, 0.29) is 0 Å². The van der Waals surface area contributed by atoms with Crippen molar-refractivity contribution in [2.75, 3.05) is 0 Å². The topological polar surface area (TPSA) is 20.2 Å². The van der Waals surface area contributed by atoms with Gasteiger partial charge in [0.25, 0.3) is 0 Å². The minimum Gasteiger partial charge on any atom is -0.449 e. The fourth-order valence-electron chi connectivity index (χ4n) is 0.398. The highest BCUT2D eigenvalue weighted by molar-refractivity contribution is 7.20. The van der Waals surface area contributed by atoms with Gasteiger partial charge in [-0.15, -0.1) is 0 Å². The summed E-state index contributed by atoms with van der Waals surface area (Å²) in [5.41, 5.74) is 0. The third-order valence-corrected chi connectivity index (χ3v) is 2.06. The summed E-state index contributed by atoms with van der Waals surface area (Å²) in [4.78, 5) is 0. The summed E-state index contributed by atoms with van der Waals surface area (Å²) in [7, 11) is 1.01. The number of halogens is 1. The van der Waals surface area contributed by atoms with Crippen LogP contribution in [0.5, 0.6) is 0 Å². The molecule has 0 atom stereocenters. The van der Waals surface area contributed by atoms with E-state index in [1.807, 2.05) is 5.38 Å². The Bertz CT molecular complexity index is 176.